The van der Waals surface area contributed by atoms with Gasteiger partial charge in [0.25, 0.3) is 6.43 Å². The molecule has 1 aromatic rings. The fraction of sp³-hybridized carbons (Fsp3) is 0.714. The van der Waals surface area contributed by atoms with Crippen molar-refractivity contribution in [2.75, 3.05) is 44.7 Å². The zero-order valence-electron chi connectivity index (χ0n) is 18.7. The zero-order valence-corrected chi connectivity index (χ0v) is 18.7. The number of aromatic nitrogens is 2. The fourth-order valence-electron chi connectivity index (χ4n) is 4.44. The number of carbonyl (C=O) groups excluding carboxylic acids is 2. The van der Waals surface area contributed by atoms with E-state index in [9.17, 15) is 23.6 Å². The molecule has 12 heteroatoms. The van der Waals surface area contributed by atoms with Crippen LogP contribution in [-0.2, 0) is 16.1 Å². The number of nitrogens with one attached hydrogen (secondary N) is 1. The molecule has 9 nitrogen and oxygen atoms in total. The van der Waals surface area contributed by atoms with Gasteiger partial charge in [-0.3, -0.25) is 14.8 Å². The van der Waals surface area contributed by atoms with Crippen LogP contribution >= 0.6 is 0 Å². The third kappa shape index (κ3) is 6.76. The Morgan fingerprint density at radius 2 is 1.91 bits per heavy atom. The maximum absolute atomic E-state index is 15.2. The van der Waals surface area contributed by atoms with Crippen molar-refractivity contribution in [2.24, 2.45) is 11.8 Å². The second-order valence-electron chi connectivity index (χ2n) is 8.79. The summed E-state index contributed by atoms with van der Waals surface area (Å²) >= 11 is 0. The number of carbonyl (C=O) groups is 2. The molecule has 184 valence electrons. The molecule has 1 aromatic heterocycles. The van der Waals surface area contributed by atoms with Gasteiger partial charge in [-0.1, -0.05) is 25.7 Å². The lowest BCUT2D eigenvalue weighted by Crippen LogP contribution is -2.45. The first-order chi connectivity index (χ1) is 15.8. The summed E-state index contributed by atoms with van der Waals surface area (Å²) in [7, 11) is 1.92. The van der Waals surface area contributed by atoms with E-state index < -0.39 is 36.4 Å². The number of amides is 2. The Morgan fingerprint density at radius 3 is 2.52 bits per heavy atom. The second-order valence-corrected chi connectivity index (χ2v) is 8.79. The Bertz CT molecular complexity index is 817. The van der Waals surface area contributed by atoms with E-state index in [4.69, 9.17) is 0 Å². The number of halogens is 3. The molecule has 2 heterocycles. The summed E-state index contributed by atoms with van der Waals surface area (Å²) in [6.07, 6.45) is 1.75. The predicted octanol–water partition coefficient (Wildman–Crippen LogP) is 1.97. The van der Waals surface area contributed by atoms with Gasteiger partial charge in [-0.15, -0.1) is 0 Å². The highest BCUT2D eigenvalue weighted by molar-refractivity contribution is 5.79. The lowest BCUT2D eigenvalue weighted by atomic mass is 9.92. The lowest BCUT2D eigenvalue weighted by Gasteiger charge is -2.33. The summed E-state index contributed by atoms with van der Waals surface area (Å²) in [5.74, 6) is -2.73. The molecule has 3 rings (SSSR count). The van der Waals surface area contributed by atoms with E-state index in [0.29, 0.717) is 43.6 Å². The summed E-state index contributed by atoms with van der Waals surface area (Å²) in [5, 5.41) is 12.5. The van der Waals surface area contributed by atoms with Crippen LogP contribution in [0.1, 0.15) is 50.0 Å². The minimum absolute atomic E-state index is 0.192. The van der Waals surface area contributed by atoms with Crippen LogP contribution in [0.3, 0.4) is 0 Å². The van der Waals surface area contributed by atoms with Crippen molar-refractivity contribution in [1.82, 2.24) is 25.2 Å². The van der Waals surface area contributed by atoms with Crippen molar-refractivity contribution in [2.45, 2.75) is 45.1 Å². The maximum atomic E-state index is 15.2. The van der Waals surface area contributed by atoms with Gasteiger partial charge >= 0.3 is 0 Å². The van der Waals surface area contributed by atoms with E-state index in [0.717, 1.165) is 25.7 Å². The highest BCUT2D eigenvalue weighted by Crippen LogP contribution is 2.31. The maximum Gasteiger partial charge on any atom is 0.297 e. The summed E-state index contributed by atoms with van der Waals surface area (Å²) in [4.78, 5) is 34.7. The van der Waals surface area contributed by atoms with Gasteiger partial charge < -0.3 is 15.1 Å². The average Bonchev–Trinajstić information content (AvgIpc) is 3.31. The number of nitrogens with zero attached hydrogens (tertiary/aromatic N) is 5. The first-order valence-electron chi connectivity index (χ1n) is 11.2. The van der Waals surface area contributed by atoms with Crippen LogP contribution in [0.4, 0.5) is 19.0 Å². The quantitative estimate of drug-likeness (QED) is 0.305. The highest BCUT2D eigenvalue weighted by atomic mass is 19.3. The minimum Gasteiger partial charge on any atom is -0.351 e. The van der Waals surface area contributed by atoms with Gasteiger partial charge in [-0.2, -0.15) is 0 Å². The van der Waals surface area contributed by atoms with Gasteiger partial charge in [0.05, 0.1) is 19.0 Å². The molecule has 1 atom stereocenters. The van der Waals surface area contributed by atoms with Crippen molar-refractivity contribution in [3.63, 3.8) is 0 Å². The molecular formula is C21H31F3N6O3. The molecule has 0 radical (unpaired) electrons. The largest absolute Gasteiger partial charge is 0.351 e. The van der Waals surface area contributed by atoms with E-state index >= 15 is 4.39 Å². The Kier molecular flexibility index (Phi) is 8.84. The first-order valence-corrected chi connectivity index (χ1v) is 11.2. The van der Waals surface area contributed by atoms with Gasteiger partial charge in [0, 0.05) is 26.2 Å². The molecule has 1 saturated heterocycles. The van der Waals surface area contributed by atoms with Crippen LogP contribution in [0.2, 0.25) is 0 Å². The first kappa shape index (κ1) is 25.2. The third-order valence-electron chi connectivity index (χ3n) is 6.34. The number of alkyl halides is 2. The molecule has 1 aliphatic carbocycles. The number of likely N-dealkylation sites (N-methyl/N-ethyl adjacent to an activating group) is 1. The van der Waals surface area contributed by atoms with Crippen LogP contribution in [0.5, 0.6) is 0 Å². The minimum atomic E-state index is -2.99. The van der Waals surface area contributed by atoms with Crippen LogP contribution in [0, 0.1) is 17.7 Å². The smallest absolute Gasteiger partial charge is 0.297 e. The Labute approximate surface area is 190 Å². The van der Waals surface area contributed by atoms with Crippen LogP contribution in [0.25, 0.3) is 0 Å². The van der Waals surface area contributed by atoms with Gasteiger partial charge in [-0.25, -0.2) is 28.2 Å². The van der Waals surface area contributed by atoms with Crippen LogP contribution < -0.4 is 10.2 Å². The van der Waals surface area contributed by atoms with E-state index in [1.54, 1.807) is 4.90 Å². The van der Waals surface area contributed by atoms with Gasteiger partial charge in [-0.05, 0) is 19.4 Å². The number of hydroxylamine groups is 2. The summed E-state index contributed by atoms with van der Waals surface area (Å²) in [6.45, 7) is 1.53. The normalized spacial score (nSPS) is 18.5. The molecule has 33 heavy (non-hydrogen) atoms. The number of hydrogen-bond donors (Lipinski definition) is 2. The Balaban J connectivity index is 1.74. The Morgan fingerprint density at radius 1 is 1.24 bits per heavy atom. The van der Waals surface area contributed by atoms with E-state index in [1.807, 2.05) is 11.9 Å². The lowest BCUT2D eigenvalue weighted by molar-refractivity contribution is -0.155. The number of anilines is 1. The van der Waals surface area contributed by atoms with Crippen molar-refractivity contribution < 1.29 is 28.0 Å². The van der Waals surface area contributed by atoms with E-state index in [2.05, 4.69) is 15.3 Å². The molecule has 2 N–H and O–H groups in total. The SMILES string of the molecule is CN1CCN(c2nc(C(F)F)nc(CNC(=O)[C@H](CC3CCCC3)CN(O)C=O)c2F)CC1. The summed E-state index contributed by atoms with van der Waals surface area (Å²) in [5.41, 5.74) is -0.321. The van der Waals surface area contributed by atoms with Crippen LogP contribution in [-0.4, -0.2) is 77.2 Å². The average molecular weight is 473 g/mol. The van der Waals surface area contributed by atoms with Crippen molar-refractivity contribution in [3.05, 3.63) is 17.3 Å². The molecule has 0 bridgehead atoms. The standard InChI is InChI=1S/C21H31F3N6O3/c1-28-6-8-29(9-7-28)20-17(22)16(26-19(27-20)18(23)24)11-25-21(32)15(12-30(33)13-31)10-14-4-2-3-5-14/h13-15,18,33H,2-12H2,1H3,(H,25,32)/t15-/m1/s1. The molecule has 0 unspecified atom stereocenters. The zero-order chi connectivity index (χ0) is 24.0. The summed E-state index contributed by atoms with van der Waals surface area (Å²) < 4.78 is 42.0. The van der Waals surface area contributed by atoms with Gasteiger partial charge in [0.15, 0.2) is 17.5 Å². The molecule has 2 fully saturated rings. The topological polar surface area (TPSA) is 102 Å². The summed E-state index contributed by atoms with van der Waals surface area (Å²) in [6, 6.07) is 0. The molecule has 1 saturated carbocycles. The van der Waals surface area contributed by atoms with E-state index in [1.165, 1.54) is 0 Å². The van der Waals surface area contributed by atoms with E-state index in [-0.39, 0.29) is 24.5 Å². The number of piperazine rings is 1. The number of hydrogen-bond acceptors (Lipinski definition) is 7. The second kappa shape index (κ2) is 11.6. The number of rotatable bonds is 10. The Hall–Kier alpha value is -2.47. The molecular weight excluding hydrogens is 441 g/mol. The molecule has 0 aromatic carbocycles. The third-order valence-corrected chi connectivity index (χ3v) is 6.34. The predicted molar refractivity (Wildman–Crippen MR) is 113 cm³/mol. The molecule has 0 spiro atoms. The highest BCUT2D eigenvalue weighted by Gasteiger charge is 2.29. The van der Waals surface area contributed by atoms with Crippen molar-refractivity contribution in [1.29, 1.82) is 0 Å². The van der Waals surface area contributed by atoms with Crippen molar-refractivity contribution in [3.8, 4) is 0 Å². The monoisotopic (exact) mass is 472 g/mol. The van der Waals surface area contributed by atoms with Crippen molar-refractivity contribution >= 4 is 18.1 Å². The molecule has 2 amide bonds. The fourth-order valence-corrected chi connectivity index (χ4v) is 4.44. The molecule has 2 aliphatic rings. The van der Waals surface area contributed by atoms with Crippen LogP contribution in [0.15, 0.2) is 0 Å². The molecule has 1 aliphatic heterocycles. The van der Waals surface area contributed by atoms with Gasteiger partial charge in [0.2, 0.25) is 12.3 Å². The van der Waals surface area contributed by atoms with Gasteiger partial charge in [0.1, 0.15) is 5.69 Å².